The summed E-state index contributed by atoms with van der Waals surface area (Å²) in [4.78, 5) is 20.4. The molecule has 5 heteroatoms. The van der Waals surface area contributed by atoms with Gasteiger partial charge in [-0.25, -0.2) is 9.97 Å². The second-order valence-electron chi connectivity index (χ2n) is 4.31. The molecule has 0 aliphatic carbocycles. The molecule has 0 aliphatic rings. The summed E-state index contributed by atoms with van der Waals surface area (Å²) >= 11 is 0. The molecule has 1 amide bonds. The molecule has 98 valence electrons. The fourth-order valence-corrected chi connectivity index (χ4v) is 1.76. The SMILES string of the molecule is CNc1ccc(C(=O)Nc2cc(C)cc(C)n2)nc1. The standard InChI is InChI=1S/C14H16N4O/c1-9-6-10(2)17-13(7-9)18-14(19)12-5-4-11(15-3)8-16-12/h4-8,15H,1-3H3,(H,17,18,19). The summed E-state index contributed by atoms with van der Waals surface area (Å²) in [5, 5.41) is 5.70. The van der Waals surface area contributed by atoms with Gasteiger partial charge in [-0.3, -0.25) is 4.79 Å². The Kier molecular flexibility index (Phi) is 3.75. The highest BCUT2D eigenvalue weighted by atomic mass is 16.1. The maximum absolute atomic E-state index is 12.0. The third-order valence-electron chi connectivity index (χ3n) is 2.62. The second kappa shape index (κ2) is 5.48. The number of nitrogens with zero attached hydrogens (tertiary/aromatic N) is 2. The van der Waals surface area contributed by atoms with Crippen molar-refractivity contribution in [2.45, 2.75) is 13.8 Å². The fourth-order valence-electron chi connectivity index (χ4n) is 1.76. The summed E-state index contributed by atoms with van der Waals surface area (Å²) < 4.78 is 0. The first-order valence-electron chi connectivity index (χ1n) is 5.99. The number of aromatic nitrogens is 2. The van der Waals surface area contributed by atoms with E-state index in [-0.39, 0.29) is 5.91 Å². The van der Waals surface area contributed by atoms with Crippen LogP contribution in [0.25, 0.3) is 0 Å². The lowest BCUT2D eigenvalue weighted by Crippen LogP contribution is -2.15. The molecule has 0 fully saturated rings. The first kappa shape index (κ1) is 13.0. The van der Waals surface area contributed by atoms with Crippen molar-refractivity contribution in [2.24, 2.45) is 0 Å². The molecular formula is C14H16N4O. The van der Waals surface area contributed by atoms with E-state index in [0.29, 0.717) is 11.5 Å². The van der Waals surface area contributed by atoms with Crippen LogP contribution >= 0.6 is 0 Å². The third kappa shape index (κ3) is 3.28. The Balaban J connectivity index is 2.15. The molecule has 2 N–H and O–H groups in total. The van der Waals surface area contributed by atoms with Gasteiger partial charge in [-0.05, 0) is 43.7 Å². The molecule has 2 heterocycles. The van der Waals surface area contributed by atoms with Crippen LogP contribution < -0.4 is 10.6 Å². The van der Waals surface area contributed by atoms with Crippen LogP contribution in [-0.4, -0.2) is 22.9 Å². The number of rotatable bonds is 3. The Bertz CT molecular complexity index is 573. The molecule has 2 rings (SSSR count). The monoisotopic (exact) mass is 256 g/mol. The van der Waals surface area contributed by atoms with E-state index >= 15 is 0 Å². The summed E-state index contributed by atoms with van der Waals surface area (Å²) in [6.45, 7) is 3.85. The smallest absolute Gasteiger partial charge is 0.275 e. The number of nitrogens with one attached hydrogen (secondary N) is 2. The molecule has 0 bridgehead atoms. The number of aryl methyl sites for hydroxylation is 2. The normalized spacial score (nSPS) is 10.1. The first-order valence-corrected chi connectivity index (χ1v) is 5.99. The van der Waals surface area contributed by atoms with E-state index in [2.05, 4.69) is 20.6 Å². The van der Waals surface area contributed by atoms with Crippen LogP contribution in [0.4, 0.5) is 11.5 Å². The van der Waals surface area contributed by atoms with Gasteiger partial charge in [-0.2, -0.15) is 0 Å². The molecule has 0 atom stereocenters. The highest BCUT2D eigenvalue weighted by molar-refractivity contribution is 6.02. The molecule has 0 aliphatic heterocycles. The zero-order valence-corrected chi connectivity index (χ0v) is 11.2. The van der Waals surface area contributed by atoms with E-state index in [4.69, 9.17) is 0 Å². The lowest BCUT2D eigenvalue weighted by Gasteiger charge is -2.06. The summed E-state index contributed by atoms with van der Waals surface area (Å²) in [7, 11) is 1.80. The number of pyridine rings is 2. The Morgan fingerprint density at radius 2 is 2.00 bits per heavy atom. The van der Waals surface area contributed by atoms with Gasteiger partial charge in [0.1, 0.15) is 11.5 Å². The molecule has 0 saturated heterocycles. The van der Waals surface area contributed by atoms with Crippen molar-refractivity contribution in [3.63, 3.8) is 0 Å². The minimum atomic E-state index is -0.264. The highest BCUT2D eigenvalue weighted by Gasteiger charge is 2.08. The number of carbonyl (C=O) groups excluding carboxylic acids is 1. The molecule has 19 heavy (non-hydrogen) atoms. The first-order chi connectivity index (χ1) is 9.08. The predicted octanol–water partition coefficient (Wildman–Crippen LogP) is 2.39. The maximum Gasteiger partial charge on any atom is 0.275 e. The van der Waals surface area contributed by atoms with E-state index in [1.54, 1.807) is 25.4 Å². The van der Waals surface area contributed by atoms with Crippen LogP contribution in [0.15, 0.2) is 30.5 Å². The molecule has 0 saturated carbocycles. The molecule has 0 spiro atoms. The number of carbonyl (C=O) groups is 1. The second-order valence-corrected chi connectivity index (χ2v) is 4.31. The highest BCUT2D eigenvalue weighted by Crippen LogP contribution is 2.11. The lowest BCUT2D eigenvalue weighted by molar-refractivity contribution is 0.102. The Labute approximate surface area is 112 Å². The van der Waals surface area contributed by atoms with Crippen LogP contribution in [0.5, 0.6) is 0 Å². The van der Waals surface area contributed by atoms with Crippen molar-refractivity contribution >= 4 is 17.4 Å². The quantitative estimate of drug-likeness (QED) is 0.884. The topological polar surface area (TPSA) is 66.9 Å². The van der Waals surface area contributed by atoms with E-state index in [0.717, 1.165) is 16.9 Å². The molecule has 0 aromatic carbocycles. The van der Waals surface area contributed by atoms with Gasteiger partial charge in [0.25, 0.3) is 5.91 Å². The molecule has 5 nitrogen and oxygen atoms in total. The maximum atomic E-state index is 12.0. The number of hydrogen-bond donors (Lipinski definition) is 2. The molecular weight excluding hydrogens is 240 g/mol. The van der Waals surface area contributed by atoms with Crippen molar-refractivity contribution in [1.82, 2.24) is 9.97 Å². The van der Waals surface area contributed by atoms with Gasteiger partial charge >= 0.3 is 0 Å². The molecule has 2 aromatic rings. The number of amides is 1. The molecule has 0 radical (unpaired) electrons. The van der Waals surface area contributed by atoms with Crippen molar-refractivity contribution in [2.75, 3.05) is 17.7 Å². The number of anilines is 2. The Hall–Kier alpha value is -2.43. The average molecular weight is 256 g/mol. The lowest BCUT2D eigenvalue weighted by atomic mass is 10.2. The van der Waals surface area contributed by atoms with Gasteiger partial charge in [-0.15, -0.1) is 0 Å². The largest absolute Gasteiger partial charge is 0.387 e. The van der Waals surface area contributed by atoms with Crippen LogP contribution in [0.1, 0.15) is 21.7 Å². The Morgan fingerprint density at radius 3 is 2.58 bits per heavy atom. The van der Waals surface area contributed by atoms with Gasteiger partial charge in [0.05, 0.1) is 11.9 Å². The van der Waals surface area contributed by atoms with Crippen molar-refractivity contribution in [3.8, 4) is 0 Å². The minimum Gasteiger partial charge on any atom is -0.387 e. The molecule has 0 unspecified atom stereocenters. The summed E-state index contributed by atoms with van der Waals surface area (Å²) in [5.41, 5.74) is 3.15. The van der Waals surface area contributed by atoms with Crippen molar-refractivity contribution < 1.29 is 4.79 Å². The zero-order valence-electron chi connectivity index (χ0n) is 11.2. The van der Waals surface area contributed by atoms with Crippen LogP contribution in [-0.2, 0) is 0 Å². The van der Waals surface area contributed by atoms with Crippen LogP contribution in [0, 0.1) is 13.8 Å². The number of hydrogen-bond acceptors (Lipinski definition) is 4. The fraction of sp³-hybridized carbons (Fsp3) is 0.214. The summed E-state index contributed by atoms with van der Waals surface area (Å²) in [5.74, 6) is 0.280. The van der Waals surface area contributed by atoms with Crippen LogP contribution in [0.2, 0.25) is 0 Å². The van der Waals surface area contributed by atoms with Gasteiger partial charge in [0.15, 0.2) is 0 Å². The van der Waals surface area contributed by atoms with Gasteiger partial charge in [0, 0.05) is 12.7 Å². The van der Waals surface area contributed by atoms with Gasteiger partial charge < -0.3 is 10.6 Å². The van der Waals surface area contributed by atoms with Gasteiger partial charge in [0.2, 0.25) is 0 Å². The molecule has 2 aromatic heterocycles. The van der Waals surface area contributed by atoms with Gasteiger partial charge in [-0.1, -0.05) is 0 Å². The van der Waals surface area contributed by atoms with Crippen molar-refractivity contribution in [1.29, 1.82) is 0 Å². The predicted molar refractivity (Wildman–Crippen MR) is 75.4 cm³/mol. The van der Waals surface area contributed by atoms with E-state index in [9.17, 15) is 4.79 Å². The van der Waals surface area contributed by atoms with Crippen LogP contribution in [0.3, 0.4) is 0 Å². The third-order valence-corrected chi connectivity index (χ3v) is 2.62. The minimum absolute atomic E-state index is 0.264. The summed E-state index contributed by atoms with van der Waals surface area (Å²) in [6, 6.07) is 7.25. The van der Waals surface area contributed by atoms with E-state index in [1.807, 2.05) is 26.0 Å². The van der Waals surface area contributed by atoms with E-state index < -0.39 is 0 Å². The zero-order chi connectivity index (χ0) is 13.8. The van der Waals surface area contributed by atoms with Crippen molar-refractivity contribution in [3.05, 3.63) is 47.4 Å². The summed E-state index contributed by atoms with van der Waals surface area (Å²) in [6.07, 6.45) is 1.61. The van der Waals surface area contributed by atoms with E-state index in [1.165, 1.54) is 0 Å². The average Bonchev–Trinajstić information content (AvgIpc) is 2.37. The Morgan fingerprint density at radius 1 is 1.21 bits per heavy atom.